The van der Waals surface area contributed by atoms with Crippen molar-refractivity contribution >= 4 is 12.0 Å². The first-order chi connectivity index (χ1) is 10.1. The second-order valence-corrected chi connectivity index (χ2v) is 4.99. The third-order valence-electron chi connectivity index (χ3n) is 3.32. The van der Waals surface area contributed by atoms with Crippen molar-refractivity contribution < 1.29 is 19.4 Å². The van der Waals surface area contributed by atoms with Gasteiger partial charge < -0.3 is 30.3 Å². The number of urea groups is 1. The number of nitrogens with one attached hydrogen (secondary N) is 2. The Balaban J connectivity index is 2.20. The van der Waals surface area contributed by atoms with Gasteiger partial charge in [0.1, 0.15) is 6.54 Å². The topological polar surface area (TPSA) is 94.1 Å². The number of piperazine rings is 1. The molecule has 8 nitrogen and oxygen atoms in total. The molecule has 0 aromatic carbocycles. The summed E-state index contributed by atoms with van der Waals surface area (Å²) in [6, 6.07) is -0.352. The first kappa shape index (κ1) is 17.7. The normalized spacial score (nSPS) is 15.7. The number of carboxylic acid groups (broad SMARTS) is 1. The fourth-order valence-electron chi connectivity index (χ4n) is 2.16. The number of hydrogen-bond donors (Lipinski definition) is 3. The second kappa shape index (κ2) is 10.4. The second-order valence-electron chi connectivity index (χ2n) is 4.99. The summed E-state index contributed by atoms with van der Waals surface area (Å²) in [4.78, 5) is 26.2. The molecule has 0 aromatic heterocycles. The van der Waals surface area contributed by atoms with E-state index in [-0.39, 0.29) is 19.1 Å². The molecule has 0 spiro atoms. The lowest BCUT2D eigenvalue weighted by molar-refractivity contribution is -0.137. The number of carboxylic acids is 1. The maximum absolute atomic E-state index is 11.9. The van der Waals surface area contributed by atoms with Crippen LogP contribution in [0.5, 0.6) is 0 Å². The molecule has 0 aliphatic carbocycles. The van der Waals surface area contributed by atoms with E-state index >= 15 is 0 Å². The van der Waals surface area contributed by atoms with Crippen LogP contribution in [0.2, 0.25) is 0 Å². The SMILES string of the molecule is COCCN(CC(=O)O)C(=O)NCCCN1CCNCC1. The summed E-state index contributed by atoms with van der Waals surface area (Å²) < 4.78 is 4.88. The van der Waals surface area contributed by atoms with Crippen molar-refractivity contribution in [3.05, 3.63) is 0 Å². The zero-order valence-corrected chi connectivity index (χ0v) is 12.6. The number of ether oxygens (including phenoxy) is 1. The lowest BCUT2D eigenvalue weighted by atomic mass is 10.3. The highest BCUT2D eigenvalue weighted by atomic mass is 16.5. The number of aliphatic carboxylic acids is 1. The van der Waals surface area contributed by atoms with Crippen LogP contribution in [0, 0.1) is 0 Å². The molecule has 0 saturated carbocycles. The highest BCUT2D eigenvalue weighted by Gasteiger charge is 2.16. The molecule has 122 valence electrons. The molecule has 8 heteroatoms. The Kier molecular flexibility index (Phi) is 8.72. The van der Waals surface area contributed by atoms with E-state index in [4.69, 9.17) is 9.84 Å². The van der Waals surface area contributed by atoms with Crippen LogP contribution in [0.15, 0.2) is 0 Å². The molecule has 0 aromatic rings. The Morgan fingerprint density at radius 3 is 2.71 bits per heavy atom. The fraction of sp³-hybridized carbons (Fsp3) is 0.846. The molecular weight excluding hydrogens is 276 g/mol. The summed E-state index contributed by atoms with van der Waals surface area (Å²) in [5.74, 6) is -1.03. The summed E-state index contributed by atoms with van der Waals surface area (Å²) in [6.45, 7) is 5.86. The molecule has 1 fully saturated rings. The van der Waals surface area contributed by atoms with Gasteiger partial charge in [0.05, 0.1) is 6.61 Å². The van der Waals surface area contributed by atoms with Crippen LogP contribution in [-0.2, 0) is 9.53 Å². The minimum atomic E-state index is -1.03. The molecule has 0 atom stereocenters. The van der Waals surface area contributed by atoms with Gasteiger partial charge in [-0.3, -0.25) is 4.79 Å². The van der Waals surface area contributed by atoms with Gasteiger partial charge in [-0.15, -0.1) is 0 Å². The molecule has 1 heterocycles. The van der Waals surface area contributed by atoms with Crippen LogP contribution in [0.1, 0.15) is 6.42 Å². The maximum atomic E-state index is 11.9. The van der Waals surface area contributed by atoms with Crippen LogP contribution in [0.4, 0.5) is 4.79 Å². The molecule has 0 bridgehead atoms. The predicted molar refractivity (Wildman–Crippen MR) is 78.4 cm³/mol. The fourth-order valence-corrected chi connectivity index (χ4v) is 2.16. The molecule has 1 aliphatic rings. The first-order valence-electron chi connectivity index (χ1n) is 7.30. The van der Waals surface area contributed by atoms with Gasteiger partial charge in [0.15, 0.2) is 0 Å². The average molecular weight is 302 g/mol. The quantitative estimate of drug-likeness (QED) is 0.474. The lowest BCUT2D eigenvalue weighted by Crippen LogP contribution is -2.46. The van der Waals surface area contributed by atoms with Crippen LogP contribution >= 0.6 is 0 Å². The van der Waals surface area contributed by atoms with Gasteiger partial charge in [0.25, 0.3) is 0 Å². The molecular formula is C13H26N4O4. The monoisotopic (exact) mass is 302 g/mol. The van der Waals surface area contributed by atoms with Crippen LogP contribution in [0.3, 0.4) is 0 Å². The number of hydrogen-bond acceptors (Lipinski definition) is 5. The molecule has 3 N–H and O–H groups in total. The lowest BCUT2D eigenvalue weighted by Gasteiger charge is -2.27. The van der Waals surface area contributed by atoms with Gasteiger partial charge >= 0.3 is 12.0 Å². The van der Waals surface area contributed by atoms with Gasteiger partial charge in [-0.05, 0) is 13.0 Å². The number of methoxy groups -OCH3 is 1. The third kappa shape index (κ3) is 7.84. The van der Waals surface area contributed by atoms with Crippen LogP contribution in [0.25, 0.3) is 0 Å². The van der Waals surface area contributed by atoms with Crippen molar-refractivity contribution in [2.45, 2.75) is 6.42 Å². The van der Waals surface area contributed by atoms with Gasteiger partial charge in [-0.25, -0.2) is 4.79 Å². The van der Waals surface area contributed by atoms with Crippen LogP contribution in [-0.4, -0.2) is 93.0 Å². The molecule has 0 radical (unpaired) electrons. The summed E-state index contributed by atoms with van der Waals surface area (Å²) in [5, 5.41) is 14.9. The van der Waals surface area contributed by atoms with Crippen molar-refractivity contribution in [3.8, 4) is 0 Å². The van der Waals surface area contributed by atoms with E-state index in [0.29, 0.717) is 13.2 Å². The Bertz CT molecular complexity index is 321. The minimum absolute atomic E-state index is 0.270. The third-order valence-corrected chi connectivity index (χ3v) is 3.32. The van der Waals surface area contributed by atoms with Crippen molar-refractivity contribution in [1.29, 1.82) is 0 Å². The van der Waals surface area contributed by atoms with Gasteiger partial charge in [0, 0.05) is 46.4 Å². The van der Waals surface area contributed by atoms with E-state index in [1.807, 2.05) is 0 Å². The Morgan fingerprint density at radius 1 is 1.38 bits per heavy atom. The van der Waals surface area contributed by atoms with E-state index in [9.17, 15) is 9.59 Å². The largest absolute Gasteiger partial charge is 0.480 e. The zero-order valence-electron chi connectivity index (χ0n) is 12.6. The van der Waals surface area contributed by atoms with Crippen molar-refractivity contribution in [2.75, 3.05) is 66.1 Å². The Hall–Kier alpha value is -1.38. The average Bonchev–Trinajstić information content (AvgIpc) is 2.48. The summed E-state index contributed by atoms with van der Waals surface area (Å²) in [5.41, 5.74) is 0. The van der Waals surface area contributed by atoms with E-state index in [2.05, 4.69) is 15.5 Å². The minimum Gasteiger partial charge on any atom is -0.480 e. The highest BCUT2D eigenvalue weighted by molar-refractivity contribution is 5.80. The first-order valence-corrected chi connectivity index (χ1v) is 7.30. The number of rotatable bonds is 9. The molecule has 1 saturated heterocycles. The number of nitrogens with zero attached hydrogens (tertiary/aromatic N) is 2. The molecule has 2 amide bonds. The summed E-state index contributed by atoms with van der Waals surface area (Å²) >= 11 is 0. The van der Waals surface area contributed by atoms with Crippen molar-refractivity contribution in [1.82, 2.24) is 20.4 Å². The van der Waals surface area contributed by atoms with Gasteiger partial charge in [-0.1, -0.05) is 0 Å². The van der Waals surface area contributed by atoms with Gasteiger partial charge in [0.2, 0.25) is 0 Å². The van der Waals surface area contributed by atoms with Crippen LogP contribution < -0.4 is 10.6 Å². The number of carbonyl (C=O) groups excluding carboxylic acids is 1. The molecule has 1 rings (SSSR count). The van der Waals surface area contributed by atoms with E-state index in [0.717, 1.165) is 39.1 Å². The number of amides is 2. The molecule has 21 heavy (non-hydrogen) atoms. The predicted octanol–water partition coefficient (Wildman–Crippen LogP) is -0.976. The standard InChI is InChI=1S/C13H26N4O4/c1-21-10-9-17(11-12(18)19)13(20)15-3-2-6-16-7-4-14-5-8-16/h14H,2-11H2,1H3,(H,15,20)(H,18,19). The Morgan fingerprint density at radius 2 is 2.10 bits per heavy atom. The van der Waals surface area contributed by atoms with E-state index < -0.39 is 5.97 Å². The number of carbonyl (C=O) groups is 2. The Labute approximate surface area is 125 Å². The zero-order chi connectivity index (χ0) is 15.5. The van der Waals surface area contributed by atoms with Gasteiger partial charge in [-0.2, -0.15) is 0 Å². The summed E-state index contributed by atoms with van der Waals surface area (Å²) in [7, 11) is 1.52. The smallest absolute Gasteiger partial charge is 0.323 e. The maximum Gasteiger partial charge on any atom is 0.323 e. The van der Waals surface area contributed by atoms with Crippen molar-refractivity contribution in [2.24, 2.45) is 0 Å². The van der Waals surface area contributed by atoms with Crippen molar-refractivity contribution in [3.63, 3.8) is 0 Å². The summed E-state index contributed by atoms with van der Waals surface area (Å²) in [6.07, 6.45) is 0.858. The highest BCUT2D eigenvalue weighted by Crippen LogP contribution is 1.95. The molecule has 1 aliphatic heterocycles. The van der Waals surface area contributed by atoms with E-state index in [1.165, 1.54) is 12.0 Å². The molecule has 0 unspecified atom stereocenters. The van der Waals surface area contributed by atoms with E-state index in [1.54, 1.807) is 0 Å².